The van der Waals surface area contributed by atoms with Crippen molar-refractivity contribution in [2.75, 3.05) is 24.3 Å². The van der Waals surface area contributed by atoms with E-state index in [9.17, 15) is 19.5 Å². The van der Waals surface area contributed by atoms with Crippen molar-refractivity contribution in [2.24, 2.45) is 10.9 Å². The molecule has 1 fully saturated rings. The molecule has 1 saturated heterocycles. The number of hydrogen-bond acceptors (Lipinski definition) is 15. The molecule has 2 aliphatic heterocycles. The molecule has 4 rings (SSSR count). The summed E-state index contributed by atoms with van der Waals surface area (Å²) in [4.78, 5) is 52.4. The van der Waals surface area contributed by atoms with Gasteiger partial charge in [-0.05, 0) is 11.5 Å². The number of rotatable bonds is 10. The van der Waals surface area contributed by atoms with Gasteiger partial charge < -0.3 is 26.7 Å². The molecule has 2 amide bonds. The van der Waals surface area contributed by atoms with Crippen LogP contribution < -0.4 is 16.8 Å². The summed E-state index contributed by atoms with van der Waals surface area (Å²) in [5.41, 5.74) is 11.0. The van der Waals surface area contributed by atoms with Crippen LogP contribution in [0.5, 0.6) is 0 Å². The van der Waals surface area contributed by atoms with Crippen molar-refractivity contribution in [1.29, 1.82) is 5.41 Å². The first kappa shape index (κ1) is 26.9. The van der Waals surface area contributed by atoms with Crippen molar-refractivity contribution in [1.82, 2.24) is 24.6 Å². The second kappa shape index (κ2) is 11.1. The zero-order valence-corrected chi connectivity index (χ0v) is 22.7. The van der Waals surface area contributed by atoms with Crippen molar-refractivity contribution in [2.45, 2.75) is 16.6 Å². The third kappa shape index (κ3) is 5.44. The number of amidine groups is 1. The molecule has 0 saturated carbocycles. The number of fused-ring (bicyclic) bond motifs is 1. The second-order valence-corrected chi connectivity index (χ2v) is 11.3. The highest BCUT2D eigenvalue weighted by Gasteiger charge is 2.55. The van der Waals surface area contributed by atoms with E-state index >= 15 is 0 Å². The van der Waals surface area contributed by atoms with Crippen LogP contribution in [-0.4, -0.2) is 88.6 Å². The predicted octanol–water partition coefficient (Wildman–Crippen LogP) is 0.112. The molecule has 0 unspecified atom stereocenters. The lowest BCUT2D eigenvalue weighted by Crippen LogP contribution is -2.71. The minimum Gasteiger partial charge on any atom is -0.477 e. The fourth-order valence-electron chi connectivity index (χ4n) is 3.33. The number of carbonyl (C=O) groups excluding carboxylic acids is 2. The summed E-state index contributed by atoms with van der Waals surface area (Å²) in [6, 6.07) is -1.00. The highest BCUT2D eigenvalue weighted by Crippen LogP contribution is 2.41. The van der Waals surface area contributed by atoms with Crippen LogP contribution in [0.25, 0.3) is 0 Å². The highest BCUT2D eigenvalue weighted by atomic mass is 32.2. The number of nitrogens with zero attached hydrogens (tertiary/aromatic N) is 5. The van der Waals surface area contributed by atoms with Crippen molar-refractivity contribution in [3.63, 3.8) is 0 Å². The maximum absolute atomic E-state index is 13.0. The van der Waals surface area contributed by atoms with E-state index in [4.69, 9.17) is 33.9 Å². The Morgan fingerprint density at radius 2 is 2.22 bits per heavy atom. The Labute approximate surface area is 230 Å². The van der Waals surface area contributed by atoms with Crippen LogP contribution in [0.4, 0.5) is 5.13 Å². The quantitative estimate of drug-likeness (QED) is 0.0466. The van der Waals surface area contributed by atoms with Crippen molar-refractivity contribution in [3.05, 3.63) is 27.4 Å². The van der Waals surface area contributed by atoms with E-state index in [2.05, 4.69) is 24.8 Å². The number of carboxylic acids is 1. The SMILES string of the molecule is CON=C(C(=O)N[C@@H]1C(=O)N2C(C(=O)O)=C(C(=S)c3nc(SCC(=N)N)ns3)CS[C@@H]12)c1csc(N)n1. The molecule has 0 radical (unpaired) electrons. The lowest BCUT2D eigenvalue weighted by Gasteiger charge is -2.49. The van der Waals surface area contributed by atoms with Crippen LogP contribution in [-0.2, 0) is 19.2 Å². The van der Waals surface area contributed by atoms with Crippen LogP contribution in [0.15, 0.2) is 27.0 Å². The van der Waals surface area contributed by atoms with Gasteiger partial charge in [-0.2, -0.15) is 4.37 Å². The van der Waals surface area contributed by atoms with Crippen LogP contribution >= 0.6 is 58.6 Å². The molecular formula is C18H17N9O5S5. The number of nitrogens with two attached hydrogens (primary N) is 2. The highest BCUT2D eigenvalue weighted by molar-refractivity contribution is 8.00. The fourth-order valence-corrected chi connectivity index (χ4v) is 7.01. The Hall–Kier alpha value is -3.13. The zero-order valence-electron chi connectivity index (χ0n) is 18.7. The lowest BCUT2D eigenvalue weighted by molar-refractivity contribution is -0.150. The largest absolute Gasteiger partial charge is 0.477 e. The summed E-state index contributed by atoms with van der Waals surface area (Å²) in [6.07, 6.45) is 0. The Morgan fingerprint density at radius 1 is 1.46 bits per heavy atom. The third-order valence-corrected chi connectivity index (χ3v) is 9.12. The van der Waals surface area contributed by atoms with Gasteiger partial charge in [0.2, 0.25) is 5.16 Å². The molecule has 7 N–H and O–H groups in total. The first-order valence-electron chi connectivity index (χ1n) is 10.0. The van der Waals surface area contributed by atoms with E-state index in [1.54, 1.807) is 0 Å². The van der Waals surface area contributed by atoms with Gasteiger partial charge in [-0.3, -0.25) is 19.9 Å². The van der Waals surface area contributed by atoms with E-state index in [1.807, 2.05) is 0 Å². The van der Waals surface area contributed by atoms with E-state index in [1.165, 1.54) is 24.3 Å². The average Bonchev–Trinajstić information content (AvgIpc) is 3.51. The van der Waals surface area contributed by atoms with Crippen molar-refractivity contribution in [3.8, 4) is 0 Å². The standard InChI is InChI=1S/C18H17N9O5S5/c1-32-25-8(6-3-35-17(21)22-6)12(28)23-9-14(29)27-10(16(30)31)5(2-34-15(9)27)11(33)13-24-18(26-37-13)36-4-7(19)20/h3,9,15H,2,4H2,1H3,(H3,19,20)(H2,21,22)(H,23,28)(H,30,31)/t9-,15+/m1/s1. The van der Waals surface area contributed by atoms with Gasteiger partial charge in [0, 0.05) is 16.7 Å². The summed E-state index contributed by atoms with van der Waals surface area (Å²) < 4.78 is 4.15. The molecular weight excluding hydrogens is 583 g/mol. The minimum absolute atomic E-state index is 0.0382. The van der Waals surface area contributed by atoms with Crippen LogP contribution in [0.3, 0.4) is 0 Å². The average molecular weight is 600 g/mol. The Kier molecular flexibility index (Phi) is 8.07. The molecule has 0 spiro atoms. The van der Waals surface area contributed by atoms with E-state index in [0.717, 1.165) is 39.5 Å². The number of aliphatic carboxylic acids is 1. The summed E-state index contributed by atoms with van der Waals surface area (Å²) in [6.45, 7) is 0. The molecule has 0 aliphatic carbocycles. The summed E-state index contributed by atoms with van der Waals surface area (Å²) >= 11 is 9.99. The smallest absolute Gasteiger partial charge is 0.353 e. The van der Waals surface area contributed by atoms with Crippen LogP contribution in [0.2, 0.25) is 0 Å². The maximum atomic E-state index is 13.0. The van der Waals surface area contributed by atoms with E-state index in [-0.39, 0.29) is 50.0 Å². The first-order chi connectivity index (χ1) is 17.6. The number of thiazole rings is 1. The van der Waals surface area contributed by atoms with Crippen LogP contribution in [0.1, 0.15) is 10.7 Å². The molecule has 19 heteroatoms. The zero-order chi connectivity index (χ0) is 26.9. The van der Waals surface area contributed by atoms with Gasteiger partial charge in [-0.25, -0.2) is 14.8 Å². The first-order valence-corrected chi connectivity index (χ1v) is 14.1. The van der Waals surface area contributed by atoms with Gasteiger partial charge in [-0.1, -0.05) is 29.1 Å². The minimum atomic E-state index is -1.34. The maximum Gasteiger partial charge on any atom is 0.353 e. The number of thioether (sulfide) groups is 2. The number of amides is 2. The molecule has 4 heterocycles. The predicted molar refractivity (Wildman–Crippen MR) is 144 cm³/mol. The molecule has 194 valence electrons. The number of carboxylic acid groups (broad SMARTS) is 1. The second-order valence-electron chi connectivity index (χ2n) is 7.21. The summed E-state index contributed by atoms with van der Waals surface area (Å²) in [7, 11) is 1.26. The number of β-lactam (4-membered cyclic amide) rings is 1. The van der Waals surface area contributed by atoms with Crippen molar-refractivity contribution >= 4 is 97.9 Å². The molecule has 2 aliphatic rings. The van der Waals surface area contributed by atoms with Gasteiger partial charge >= 0.3 is 5.97 Å². The van der Waals surface area contributed by atoms with Crippen molar-refractivity contribution < 1.29 is 24.3 Å². The number of carbonyl (C=O) groups is 3. The lowest BCUT2D eigenvalue weighted by atomic mass is 10.0. The fraction of sp³-hybridized carbons (Fsp3) is 0.278. The Morgan fingerprint density at radius 3 is 2.84 bits per heavy atom. The number of nitrogen functional groups attached to an aromatic ring is 1. The van der Waals surface area contributed by atoms with Gasteiger partial charge in [-0.15, -0.1) is 23.1 Å². The molecule has 14 nitrogen and oxygen atoms in total. The molecule has 0 aromatic carbocycles. The number of aromatic nitrogens is 3. The Bertz CT molecular complexity index is 1370. The molecule has 2 aromatic rings. The number of hydrogen-bond donors (Lipinski definition) is 5. The van der Waals surface area contributed by atoms with Gasteiger partial charge in [0.05, 0.1) is 10.6 Å². The van der Waals surface area contributed by atoms with Gasteiger partial charge in [0.1, 0.15) is 35.8 Å². The number of nitrogens with one attached hydrogen (secondary N) is 2. The monoisotopic (exact) mass is 599 g/mol. The van der Waals surface area contributed by atoms with Gasteiger partial charge in [0.25, 0.3) is 11.8 Å². The van der Waals surface area contributed by atoms with Gasteiger partial charge in [0.15, 0.2) is 15.9 Å². The number of oxime groups is 1. The number of thiocarbonyl (C=S) groups is 1. The molecule has 2 aromatic heterocycles. The van der Waals surface area contributed by atoms with Crippen LogP contribution in [0, 0.1) is 5.41 Å². The molecule has 2 atom stereocenters. The summed E-state index contributed by atoms with van der Waals surface area (Å²) in [5.74, 6) is -2.35. The Balaban J connectivity index is 1.53. The summed E-state index contributed by atoms with van der Waals surface area (Å²) in [5, 5.41) is 25.3. The van der Waals surface area contributed by atoms with E-state index < -0.39 is 29.2 Å². The normalized spacial score (nSPS) is 19.2. The topological polar surface area (TPSA) is 223 Å². The molecule has 37 heavy (non-hydrogen) atoms. The van der Waals surface area contributed by atoms with E-state index in [0.29, 0.717) is 10.2 Å². The number of anilines is 1. The third-order valence-electron chi connectivity index (χ3n) is 4.85. The molecule has 0 bridgehead atoms.